The Hall–Kier alpha value is -5.01. The molecule has 0 spiro atoms. The van der Waals surface area contributed by atoms with Crippen LogP contribution in [0.5, 0.6) is 0 Å². The zero-order chi connectivity index (χ0) is 37.1. The molecule has 7 amide bonds. The molecular formula is C28H51N11O9. The predicted octanol–water partition coefficient (Wildman–Crippen LogP) is -4.65. The summed E-state index contributed by atoms with van der Waals surface area (Å²) < 4.78 is 0. The maximum absolute atomic E-state index is 13.2. The lowest BCUT2D eigenvalue weighted by Crippen LogP contribution is -2.58. The first-order valence-electron chi connectivity index (χ1n) is 15.3. The van der Waals surface area contributed by atoms with Gasteiger partial charge in [0.05, 0.1) is 19.0 Å². The number of hydrogen-bond acceptors (Lipinski definition) is 10. The van der Waals surface area contributed by atoms with Gasteiger partial charge in [-0.05, 0) is 37.5 Å². The first-order chi connectivity index (χ1) is 22.2. The summed E-state index contributed by atoms with van der Waals surface area (Å²) in [5, 5.41) is 21.3. The predicted molar refractivity (Wildman–Crippen MR) is 173 cm³/mol. The maximum atomic E-state index is 13.2. The number of carboxylic acid groups (broad SMARTS) is 1. The number of hydrogen-bond donors (Lipinski definition) is 11. The molecule has 0 aliphatic heterocycles. The van der Waals surface area contributed by atoms with Crippen molar-refractivity contribution in [1.82, 2.24) is 26.6 Å². The Morgan fingerprint density at radius 3 is 1.79 bits per heavy atom. The van der Waals surface area contributed by atoms with Gasteiger partial charge in [-0.2, -0.15) is 0 Å². The fourth-order valence-electron chi connectivity index (χ4n) is 4.17. The van der Waals surface area contributed by atoms with Gasteiger partial charge < -0.3 is 60.4 Å². The lowest BCUT2D eigenvalue weighted by Gasteiger charge is -2.26. The van der Waals surface area contributed by atoms with Crippen molar-refractivity contribution < 1.29 is 43.5 Å². The quantitative estimate of drug-likeness (QED) is 0.0275. The number of carbonyl (C=O) groups excluding carboxylic acids is 7. The molecule has 0 aromatic rings. The molecule has 16 N–H and O–H groups in total. The number of nitrogens with zero attached hydrogens (tertiary/aromatic N) is 1. The first kappa shape index (κ1) is 43.0. The monoisotopic (exact) mass is 685 g/mol. The van der Waals surface area contributed by atoms with E-state index in [0.717, 1.165) is 0 Å². The summed E-state index contributed by atoms with van der Waals surface area (Å²) in [5.74, 6) is -7.93. The summed E-state index contributed by atoms with van der Waals surface area (Å²) in [6.45, 7) is 6.12. The highest BCUT2D eigenvalue weighted by atomic mass is 16.4. The molecule has 0 heterocycles. The van der Waals surface area contributed by atoms with Crippen LogP contribution in [0.4, 0.5) is 0 Å². The molecule has 0 saturated carbocycles. The summed E-state index contributed by atoms with van der Waals surface area (Å²) in [6.07, 6.45) is -0.568. The first-order valence-corrected chi connectivity index (χ1v) is 15.3. The number of nitrogens with one attached hydrogen (secondary N) is 5. The minimum absolute atomic E-state index is 0.0179. The van der Waals surface area contributed by atoms with Gasteiger partial charge in [-0.1, -0.05) is 27.7 Å². The van der Waals surface area contributed by atoms with Crippen molar-refractivity contribution in [3.05, 3.63) is 0 Å². The molecule has 20 heteroatoms. The Kier molecular flexibility index (Phi) is 19.5. The lowest BCUT2D eigenvalue weighted by molar-refractivity contribution is -0.143. The third-order valence-corrected chi connectivity index (χ3v) is 6.67. The molecule has 0 aliphatic carbocycles. The average Bonchev–Trinajstić information content (AvgIpc) is 2.96. The van der Waals surface area contributed by atoms with E-state index in [0.29, 0.717) is 0 Å². The summed E-state index contributed by atoms with van der Waals surface area (Å²) in [6, 6.07) is -6.39. The zero-order valence-electron chi connectivity index (χ0n) is 27.7. The fourth-order valence-corrected chi connectivity index (χ4v) is 4.17. The van der Waals surface area contributed by atoms with Crippen molar-refractivity contribution in [2.24, 2.45) is 45.5 Å². The highest BCUT2D eigenvalue weighted by Crippen LogP contribution is 2.09. The SMILES string of the molecule is CC(C)C[C@H](NC(=O)[C@H](CC(N)=O)NC(=O)CNC(=O)[C@H](CCCN=C(N)N)NC(=O)[C@@H](N)CCC(N)=O)C(=O)N[C@H](C(=O)O)C(C)C. The van der Waals surface area contributed by atoms with Crippen LogP contribution in [0.25, 0.3) is 0 Å². The second kappa shape index (κ2) is 21.7. The Morgan fingerprint density at radius 1 is 0.708 bits per heavy atom. The van der Waals surface area contributed by atoms with Crippen LogP contribution >= 0.6 is 0 Å². The molecular weight excluding hydrogens is 634 g/mol. The van der Waals surface area contributed by atoms with E-state index in [2.05, 4.69) is 31.6 Å². The number of aliphatic carboxylic acids is 1. The summed E-state index contributed by atoms with van der Waals surface area (Å²) in [7, 11) is 0. The van der Waals surface area contributed by atoms with Crippen LogP contribution in [0.2, 0.25) is 0 Å². The Balaban J connectivity index is 5.66. The number of amides is 7. The fraction of sp³-hybridized carbons (Fsp3) is 0.679. The minimum atomic E-state index is -1.56. The van der Waals surface area contributed by atoms with Gasteiger partial charge in [0.2, 0.25) is 41.4 Å². The van der Waals surface area contributed by atoms with Crippen molar-refractivity contribution in [3.63, 3.8) is 0 Å². The van der Waals surface area contributed by atoms with E-state index in [4.69, 9.17) is 28.7 Å². The molecule has 0 radical (unpaired) electrons. The van der Waals surface area contributed by atoms with Crippen LogP contribution in [0.15, 0.2) is 4.99 Å². The second-order valence-electron chi connectivity index (χ2n) is 11.9. The average molecular weight is 686 g/mol. The van der Waals surface area contributed by atoms with E-state index in [1.807, 2.05) is 0 Å². The molecule has 48 heavy (non-hydrogen) atoms. The van der Waals surface area contributed by atoms with Crippen molar-refractivity contribution >= 4 is 53.3 Å². The molecule has 0 aliphatic rings. The van der Waals surface area contributed by atoms with Crippen molar-refractivity contribution in [1.29, 1.82) is 0 Å². The van der Waals surface area contributed by atoms with Gasteiger partial charge in [-0.3, -0.25) is 38.6 Å². The van der Waals surface area contributed by atoms with Gasteiger partial charge in [0, 0.05) is 13.0 Å². The van der Waals surface area contributed by atoms with Gasteiger partial charge in [-0.15, -0.1) is 0 Å². The van der Waals surface area contributed by atoms with Gasteiger partial charge >= 0.3 is 5.97 Å². The Morgan fingerprint density at radius 2 is 1.29 bits per heavy atom. The van der Waals surface area contributed by atoms with E-state index in [1.54, 1.807) is 27.7 Å². The van der Waals surface area contributed by atoms with E-state index < -0.39 is 96.4 Å². The summed E-state index contributed by atoms with van der Waals surface area (Å²) >= 11 is 0. The van der Waals surface area contributed by atoms with Gasteiger partial charge in [0.15, 0.2) is 5.96 Å². The lowest BCUT2D eigenvalue weighted by atomic mass is 10.00. The number of carboxylic acids is 1. The van der Waals surface area contributed by atoms with Crippen LogP contribution in [-0.4, -0.2) is 102 Å². The van der Waals surface area contributed by atoms with E-state index >= 15 is 0 Å². The molecule has 0 bridgehead atoms. The number of rotatable bonds is 23. The summed E-state index contributed by atoms with van der Waals surface area (Å²) in [5.41, 5.74) is 26.8. The number of nitrogens with two attached hydrogens (primary N) is 5. The topological polar surface area (TPSA) is 359 Å². The van der Waals surface area contributed by atoms with Gasteiger partial charge in [0.1, 0.15) is 24.2 Å². The smallest absolute Gasteiger partial charge is 0.326 e. The Bertz CT molecular complexity index is 1190. The molecule has 0 fully saturated rings. The number of guanidine groups is 1. The molecule has 272 valence electrons. The van der Waals surface area contributed by atoms with Crippen LogP contribution in [0.3, 0.4) is 0 Å². The van der Waals surface area contributed by atoms with Crippen molar-refractivity contribution in [2.75, 3.05) is 13.1 Å². The number of aliphatic imine (C=N–C) groups is 1. The van der Waals surface area contributed by atoms with E-state index in [1.165, 1.54) is 0 Å². The third kappa shape index (κ3) is 18.2. The van der Waals surface area contributed by atoms with E-state index in [-0.39, 0.29) is 50.5 Å². The standard InChI is InChI=1S/C28H51N11O9/c1-13(2)10-17(26(46)39-22(14(3)4)27(47)48)38-25(45)18(11-20(31)41)36-21(42)12-35-24(44)16(6-5-9-34-28(32)33)37-23(43)15(29)7-8-19(30)40/h13-18,22H,5-12,29H2,1-4H3,(H2,30,40)(H2,31,41)(H,35,44)(H,36,42)(H,37,43)(H,38,45)(H,39,46)(H,47,48)(H4,32,33,34)/t15-,16-,17-,18-,22-/m0/s1. The summed E-state index contributed by atoms with van der Waals surface area (Å²) in [4.78, 5) is 103. The Labute approximate surface area is 278 Å². The van der Waals surface area contributed by atoms with Crippen molar-refractivity contribution in [3.8, 4) is 0 Å². The minimum Gasteiger partial charge on any atom is -0.480 e. The molecule has 0 rings (SSSR count). The van der Waals surface area contributed by atoms with E-state index in [9.17, 15) is 43.5 Å². The molecule has 0 aromatic carbocycles. The van der Waals surface area contributed by atoms with Crippen molar-refractivity contribution in [2.45, 2.75) is 96.4 Å². The second-order valence-corrected chi connectivity index (χ2v) is 11.9. The zero-order valence-corrected chi connectivity index (χ0v) is 27.7. The van der Waals surface area contributed by atoms with Gasteiger partial charge in [-0.25, -0.2) is 4.79 Å². The number of carbonyl (C=O) groups is 8. The normalized spacial score (nSPS) is 14.0. The van der Waals surface area contributed by atoms with Crippen LogP contribution in [-0.2, 0) is 38.4 Å². The third-order valence-electron chi connectivity index (χ3n) is 6.67. The molecule has 0 aromatic heterocycles. The molecule has 0 unspecified atom stereocenters. The van der Waals surface area contributed by atoms with Crippen LogP contribution in [0.1, 0.15) is 66.2 Å². The van der Waals surface area contributed by atoms with Crippen LogP contribution < -0.4 is 55.3 Å². The largest absolute Gasteiger partial charge is 0.480 e. The highest BCUT2D eigenvalue weighted by Gasteiger charge is 2.32. The molecule has 20 nitrogen and oxygen atoms in total. The molecule has 0 saturated heterocycles. The van der Waals surface area contributed by atoms with Gasteiger partial charge in [0.25, 0.3) is 0 Å². The maximum Gasteiger partial charge on any atom is 0.326 e. The highest BCUT2D eigenvalue weighted by molar-refractivity contribution is 5.97. The van der Waals surface area contributed by atoms with Crippen LogP contribution in [0, 0.1) is 11.8 Å². The number of primary amides is 2. The molecule has 5 atom stereocenters.